The van der Waals surface area contributed by atoms with Crippen LogP contribution in [0, 0.1) is 5.82 Å². The molecule has 1 aromatic carbocycles. The summed E-state index contributed by atoms with van der Waals surface area (Å²) in [7, 11) is 0. The summed E-state index contributed by atoms with van der Waals surface area (Å²) in [6.45, 7) is 5.65. The number of ether oxygens (including phenoxy) is 1. The van der Waals surface area contributed by atoms with Crippen molar-refractivity contribution in [3.63, 3.8) is 0 Å². The molecule has 1 aliphatic heterocycles. The first-order valence-electron chi connectivity index (χ1n) is 7.46. The van der Waals surface area contributed by atoms with E-state index in [0.29, 0.717) is 12.5 Å². The van der Waals surface area contributed by atoms with Crippen LogP contribution in [-0.4, -0.2) is 42.4 Å². The molecular weight excluding hydrogens is 257 g/mol. The van der Waals surface area contributed by atoms with Gasteiger partial charge in [0.15, 0.2) is 0 Å². The predicted octanol–water partition coefficient (Wildman–Crippen LogP) is 2.75. The van der Waals surface area contributed by atoms with Gasteiger partial charge in [0.2, 0.25) is 0 Å². The van der Waals surface area contributed by atoms with E-state index < -0.39 is 6.10 Å². The van der Waals surface area contributed by atoms with E-state index >= 15 is 0 Å². The molecule has 1 saturated heterocycles. The third-order valence-electron chi connectivity index (χ3n) is 3.84. The fourth-order valence-corrected chi connectivity index (χ4v) is 2.74. The van der Waals surface area contributed by atoms with Gasteiger partial charge in [0, 0.05) is 19.7 Å². The van der Waals surface area contributed by atoms with Crippen molar-refractivity contribution in [3.05, 3.63) is 35.6 Å². The monoisotopic (exact) mass is 281 g/mol. The number of piperidine rings is 1. The van der Waals surface area contributed by atoms with Crippen LogP contribution in [0.15, 0.2) is 24.3 Å². The van der Waals surface area contributed by atoms with E-state index in [1.807, 2.05) is 6.92 Å². The molecule has 0 saturated carbocycles. The van der Waals surface area contributed by atoms with Gasteiger partial charge < -0.3 is 14.7 Å². The van der Waals surface area contributed by atoms with Gasteiger partial charge in [-0.1, -0.05) is 12.1 Å². The lowest BCUT2D eigenvalue weighted by molar-refractivity contribution is 0.00212. The molecule has 0 amide bonds. The Hall–Kier alpha value is -0.970. The fourth-order valence-electron chi connectivity index (χ4n) is 2.74. The summed E-state index contributed by atoms with van der Waals surface area (Å²) >= 11 is 0. The molecule has 1 aromatic rings. The van der Waals surface area contributed by atoms with E-state index in [1.165, 1.54) is 12.1 Å². The second-order valence-corrected chi connectivity index (χ2v) is 5.38. The smallest absolute Gasteiger partial charge is 0.123 e. The first-order valence-corrected chi connectivity index (χ1v) is 7.46. The first kappa shape index (κ1) is 15.4. The van der Waals surface area contributed by atoms with Gasteiger partial charge in [-0.05, 0) is 50.4 Å². The molecule has 1 N–H and O–H groups in total. The van der Waals surface area contributed by atoms with Crippen LogP contribution >= 0.6 is 0 Å². The van der Waals surface area contributed by atoms with Crippen molar-refractivity contribution in [2.45, 2.75) is 38.4 Å². The van der Waals surface area contributed by atoms with Gasteiger partial charge in [0.05, 0.1) is 12.2 Å². The van der Waals surface area contributed by atoms with Gasteiger partial charge in [0.1, 0.15) is 5.82 Å². The highest BCUT2D eigenvalue weighted by Crippen LogP contribution is 2.19. The van der Waals surface area contributed by atoms with Gasteiger partial charge in [0.25, 0.3) is 0 Å². The lowest BCUT2D eigenvalue weighted by atomic mass is 10.0. The number of nitrogens with zero attached hydrogens (tertiary/aromatic N) is 1. The number of rotatable bonds is 6. The number of benzene rings is 1. The summed E-state index contributed by atoms with van der Waals surface area (Å²) in [5, 5.41) is 10.1. The van der Waals surface area contributed by atoms with E-state index in [9.17, 15) is 9.50 Å². The largest absolute Gasteiger partial charge is 0.388 e. The Labute approximate surface area is 120 Å². The second-order valence-electron chi connectivity index (χ2n) is 5.38. The molecule has 0 bridgehead atoms. The van der Waals surface area contributed by atoms with Crippen molar-refractivity contribution in [1.29, 1.82) is 0 Å². The van der Waals surface area contributed by atoms with Crippen molar-refractivity contribution in [2.24, 2.45) is 0 Å². The zero-order chi connectivity index (χ0) is 14.4. The number of halogens is 1. The Bertz CT molecular complexity index is 394. The zero-order valence-electron chi connectivity index (χ0n) is 12.1. The molecule has 1 heterocycles. The highest BCUT2D eigenvalue weighted by Gasteiger charge is 2.20. The van der Waals surface area contributed by atoms with Crippen LogP contribution in [0.1, 0.15) is 37.9 Å². The van der Waals surface area contributed by atoms with E-state index in [1.54, 1.807) is 12.1 Å². The minimum absolute atomic E-state index is 0.267. The Kier molecular flexibility index (Phi) is 5.95. The van der Waals surface area contributed by atoms with Crippen LogP contribution in [0.4, 0.5) is 4.39 Å². The van der Waals surface area contributed by atoms with E-state index in [0.717, 1.165) is 44.6 Å². The zero-order valence-corrected chi connectivity index (χ0v) is 12.1. The molecule has 2 rings (SSSR count). The molecule has 2 unspecified atom stereocenters. The SMILES string of the molecule is CCOC1CCCN(CCC(O)c2ccc(F)cc2)C1. The highest BCUT2D eigenvalue weighted by molar-refractivity contribution is 5.18. The molecule has 0 aromatic heterocycles. The minimum Gasteiger partial charge on any atom is -0.388 e. The van der Waals surface area contributed by atoms with Crippen LogP contribution in [0.2, 0.25) is 0 Å². The molecule has 0 spiro atoms. The van der Waals surface area contributed by atoms with E-state index in [2.05, 4.69) is 4.90 Å². The third-order valence-corrected chi connectivity index (χ3v) is 3.84. The van der Waals surface area contributed by atoms with Crippen LogP contribution in [0.3, 0.4) is 0 Å². The summed E-state index contributed by atoms with van der Waals surface area (Å²) in [5.74, 6) is -0.267. The van der Waals surface area contributed by atoms with Crippen LogP contribution < -0.4 is 0 Å². The van der Waals surface area contributed by atoms with Crippen molar-refractivity contribution in [3.8, 4) is 0 Å². The number of aliphatic hydroxyl groups excluding tert-OH is 1. The van der Waals surface area contributed by atoms with Crippen LogP contribution in [0.5, 0.6) is 0 Å². The maximum absolute atomic E-state index is 12.8. The second kappa shape index (κ2) is 7.72. The highest BCUT2D eigenvalue weighted by atomic mass is 19.1. The minimum atomic E-state index is -0.525. The molecular formula is C16H24FNO2. The topological polar surface area (TPSA) is 32.7 Å². The van der Waals surface area contributed by atoms with Gasteiger partial charge in [-0.15, -0.1) is 0 Å². The molecule has 0 radical (unpaired) electrons. The summed E-state index contributed by atoms with van der Waals surface area (Å²) in [5.41, 5.74) is 0.782. The van der Waals surface area contributed by atoms with Gasteiger partial charge in [-0.2, -0.15) is 0 Å². The van der Waals surface area contributed by atoms with E-state index in [-0.39, 0.29) is 5.82 Å². The maximum Gasteiger partial charge on any atom is 0.123 e. The van der Waals surface area contributed by atoms with Crippen molar-refractivity contribution < 1.29 is 14.2 Å². The number of hydrogen-bond acceptors (Lipinski definition) is 3. The fraction of sp³-hybridized carbons (Fsp3) is 0.625. The van der Waals surface area contributed by atoms with Crippen molar-refractivity contribution >= 4 is 0 Å². The first-order chi connectivity index (χ1) is 9.69. The van der Waals surface area contributed by atoms with Gasteiger partial charge in [-0.3, -0.25) is 0 Å². The Morgan fingerprint density at radius 2 is 2.15 bits per heavy atom. The molecule has 112 valence electrons. The molecule has 1 fully saturated rings. The van der Waals surface area contributed by atoms with Crippen LogP contribution in [0.25, 0.3) is 0 Å². The number of likely N-dealkylation sites (tertiary alicyclic amines) is 1. The Morgan fingerprint density at radius 3 is 2.85 bits per heavy atom. The molecule has 4 heteroatoms. The summed E-state index contributed by atoms with van der Waals surface area (Å²) in [6, 6.07) is 6.09. The average molecular weight is 281 g/mol. The van der Waals surface area contributed by atoms with Crippen molar-refractivity contribution in [2.75, 3.05) is 26.2 Å². The molecule has 1 aliphatic rings. The molecule has 20 heavy (non-hydrogen) atoms. The standard InChI is InChI=1S/C16H24FNO2/c1-2-20-15-4-3-10-18(12-15)11-9-16(19)13-5-7-14(17)8-6-13/h5-8,15-16,19H,2-4,9-12H2,1H3. The van der Waals surface area contributed by atoms with Crippen molar-refractivity contribution in [1.82, 2.24) is 4.90 Å². The Morgan fingerprint density at radius 1 is 1.40 bits per heavy atom. The normalized spacial score (nSPS) is 21.9. The quantitative estimate of drug-likeness (QED) is 0.870. The van der Waals surface area contributed by atoms with E-state index in [4.69, 9.17) is 4.74 Å². The average Bonchev–Trinajstić information content (AvgIpc) is 2.46. The summed E-state index contributed by atoms with van der Waals surface area (Å²) in [6.07, 6.45) is 2.76. The number of aliphatic hydroxyl groups is 1. The summed E-state index contributed by atoms with van der Waals surface area (Å²) < 4.78 is 18.5. The maximum atomic E-state index is 12.8. The predicted molar refractivity (Wildman–Crippen MR) is 77.1 cm³/mol. The molecule has 3 nitrogen and oxygen atoms in total. The Balaban J connectivity index is 1.78. The van der Waals surface area contributed by atoms with Gasteiger partial charge >= 0.3 is 0 Å². The summed E-state index contributed by atoms with van der Waals surface area (Å²) in [4.78, 5) is 2.34. The lowest BCUT2D eigenvalue weighted by Gasteiger charge is -2.32. The molecule has 0 aliphatic carbocycles. The molecule has 2 atom stereocenters. The van der Waals surface area contributed by atoms with Crippen LogP contribution in [-0.2, 0) is 4.74 Å². The number of hydrogen-bond donors (Lipinski definition) is 1. The van der Waals surface area contributed by atoms with Gasteiger partial charge in [-0.25, -0.2) is 4.39 Å². The third kappa shape index (κ3) is 4.54. The lowest BCUT2D eigenvalue weighted by Crippen LogP contribution is -2.40.